The van der Waals surface area contributed by atoms with Crippen LogP contribution in [0.25, 0.3) is 5.69 Å². The molecule has 132 valence electrons. The van der Waals surface area contributed by atoms with Crippen LogP contribution in [0.5, 0.6) is 0 Å². The number of anilines is 1. The first kappa shape index (κ1) is 17.6. The Bertz CT molecular complexity index is 925. The first-order valence-corrected chi connectivity index (χ1v) is 8.00. The quantitative estimate of drug-likeness (QED) is 0.839. The van der Waals surface area contributed by atoms with Crippen LogP contribution in [0.1, 0.15) is 29.8 Å². The van der Waals surface area contributed by atoms with Gasteiger partial charge in [0.15, 0.2) is 5.69 Å². The SMILES string of the molecule is N#CC(C#N)=CNc1ccccc1-n1nc(C(F)(F)F)c2c1CCCC2. The van der Waals surface area contributed by atoms with Gasteiger partial charge in [0, 0.05) is 17.5 Å². The van der Waals surface area contributed by atoms with Gasteiger partial charge in [0.2, 0.25) is 0 Å². The Morgan fingerprint density at radius 3 is 2.54 bits per heavy atom. The minimum atomic E-state index is -4.51. The number of hydrogen-bond donors (Lipinski definition) is 1. The van der Waals surface area contributed by atoms with Crippen LogP contribution in [-0.4, -0.2) is 9.78 Å². The van der Waals surface area contributed by atoms with Crippen molar-refractivity contribution in [2.45, 2.75) is 31.9 Å². The predicted octanol–water partition coefficient (Wildman–Crippen LogP) is 4.11. The number of nitrogens with zero attached hydrogens (tertiary/aromatic N) is 4. The molecule has 0 amide bonds. The third kappa shape index (κ3) is 3.27. The molecule has 0 unspecified atom stereocenters. The molecule has 2 aromatic rings. The van der Waals surface area contributed by atoms with Crippen LogP contribution in [-0.2, 0) is 19.0 Å². The van der Waals surface area contributed by atoms with Crippen molar-refractivity contribution >= 4 is 5.69 Å². The zero-order chi connectivity index (χ0) is 18.7. The molecule has 0 saturated carbocycles. The largest absolute Gasteiger partial charge is 0.435 e. The topological polar surface area (TPSA) is 77.4 Å². The third-order valence-corrected chi connectivity index (χ3v) is 4.19. The van der Waals surface area contributed by atoms with Gasteiger partial charge in [0.1, 0.15) is 17.7 Å². The second-order valence-electron chi connectivity index (χ2n) is 5.83. The molecule has 3 rings (SSSR count). The highest BCUT2D eigenvalue weighted by Gasteiger charge is 2.39. The normalized spacial score (nSPS) is 13.3. The van der Waals surface area contributed by atoms with Crippen molar-refractivity contribution in [1.82, 2.24) is 9.78 Å². The van der Waals surface area contributed by atoms with Crippen molar-refractivity contribution in [2.75, 3.05) is 5.32 Å². The summed E-state index contributed by atoms with van der Waals surface area (Å²) in [5.41, 5.74) is 0.727. The van der Waals surface area contributed by atoms with Gasteiger partial charge in [-0.2, -0.15) is 28.8 Å². The summed E-state index contributed by atoms with van der Waals surface area (Å²) in [5.74, 6) is 0. The van der Waals surface area contributed by atoms with Gasteiger partial charge >= 0.3 is 6.18 Å². The van der Waals surface area contributed by atoms with E-state index < -0.39 is 11.9 Å². The molecule has 1 aliphatic carbocycles. The Hall–Kier alpha value is -3.26. The molecule has 1 N–H and O–H groups in total. The van der Waals surface area contributed by atoms with Crippen molar-refractivity contribution in [3.05, 3.63) is 53.0 Å². The molecule has 0 aliphatic heterocycles. The summed E-state index contributed by atoms with van der Waals surface area (Å²) in [4.78, 5) is 0. The lowest BCUT2D eigenvalue weighted by molar-refractivity contribution is -0.142. The summed E-state index contributed by atoms with van der Waals surface area (Å²) in [6, 6.07) is 10.2. The lowest BCUT2D eigenvalue weighted by atomic mass is 9.95. The van der Waals surface area contributed by atoms with E-state index in [2.05, 4.69) is 10.4 Å². The van der Waals surface area contributed by atoms with Crippen LogP contribution in [0.3, 0.4) is 0 Å². The van der Waals surface area contributed by atoms with E-state index in [1.165, 1.54) is 10.9 Å². The number of para-hydroxylation sites is 2. The fourth-order valence-corrected chi connectivity index (χ4v) is 3.05. The second kappa shape index (κ2) is 6.93. The Labute approximate surface area is 148 Å². The molecule has 5 nitrogen and oxygen atoms in total. The van der Waals surface area contributed by atoms with Crippen molar-refractivity contribution in [3.63, 3.8) is 0 Å². The molecule has 0 spiro atoms. The van der Waals surface area contributed by atoms with E-state index in [-0.39, 0.29) is 11.1 Å². The molecule has 0 atom stereocenters. The van der Waals surface area contributed by atoms with Crippen molar-refractivity contribution in [2.24, 2.45) is 0 Å². The summed E-state index contributed by atoms with van der Waals surface area (Å²) in [5, 5.41) is 24.3. The summed E-state index contributed by atoms with van der Waals surface area (Å²) in [6.07, 6.45) is -0.906. The Morgan fingerprint density at radius 2 is 1.85 bits per heavy atom. The molecule has 0 saturated heterocycles. The van der Waals surface area contributed by atoms with Crippen LogP contribution in [0.2, 0.25) is 0 Å². The van der Waals surface area contributed by atoms with E-state index in [0.717, 1.165) is 6.42 Å². The Kier molecular flexibility index (Phi) is 4.68. The average molecular weight is 357 g/mol. The predicted molar refractivity (Wildman–Crippen MR) is 88.1 cm³/mol. The van der Waals surface area contributed by atoms with Crippen LogP contribution < -0.4 is 5.32 Å². The minimum Gasteiger partial charge on any atom is -0.358 e. The first-order valence-electron chi connectivity index (χ1n) is 8.00. The van der Waals surface area contributed by atoms with E-state index in [1.807, 2.05) is 0 Å². The highest BCUT2D eigenvalue weighted by atomic mass is 19.4. The van der Waals surface area contributed by atoms with E-state index >= 15 is 0 Å². The third-order valence-electron chi connectivity index (χ3n) is 4.19. The maximum absolute atomic E-state index is 13.4. The Balaban J connectivity index is 2.11. The molecule has 1 aromatic carbocycles. The maximum Gasteiger partial charge on any atom is 0.435 e. The van der Waals surface area contributed by atoms with Crippen molar-refractivity contribution in [1.29, 1.82) is 10.5 Å². The molecular weight excluding hydrogens is 343 g/mol. The number of alkyl halides is 3. The number of allylic oxidation sites excluding steroid dienone is 1. The number of nitriles is 2. The molecule has 1 heterocycles. The summed E-state index contributed by atoms with van der Waals surface area (Å²) >= 11 is 0. The van der Waals surface area contributed by atoms with Gasteiger partial charge in [0.25, 0.3) is 0 Å². The number of halogens is 3. The minimum absolute atomic E-state index is 0.140. The molecular formula is C18H14F3N5. The maximum atomic E-state index is 13.4. The molecule has 1 aliphatic rings. The van der Waals surface area contributed by atoms with Crippen LogP contribution in [0.4, 0.5) is 18.9 Å². The molecule has 0 radical (unpaired) electrons. The fraction of sp³-hybridized carbons (Fsp3) is 0.278. The standard InChI is InChI=1S/C18H14F3N5/c19-18(20,21)17-13-5-1-3-7-15(13)26(25-17)16-8-4-2-6-14(16)24-11-12(9-22)10-23/h2,4,6,8,11,24H,1,3,5,7H2. The number of aromatic nitrogens is 2. The van der Waals surface area contributed by atoms with E-state index in [0.29, 0.717) is 36.3 Å². The van der Waals surface area contributed by atoms with Crippen LogP contribution in [0, 0.1) is 22.7 Å². The van der Waals surface area contributed by atoms with Crippen LogP contribution >= 0.6 is 0 Å². The zero-order valence-electron chi connectivity index (χ0n) is 13.6. The molecule has 0 bridgehead atoms. The number of fused-ring (bicyclic) bond motifs is 1. The number of benzene rings is 1. The van der Waals surface area contributed by atoms with Gasteiger partial charge in [-0.25, -0.2) is 4.68 Å². The average Bonchev–Trinajstić information content (AvgIpc) is 3.03. The summed E-state index contributed by atoms with van der Waals surface area (Å²) in [7, 11) is 0. The van der Waals surface area contributed by atoms with E-state index in [9.17, 15) is 13.2 Å². The highest BCUT2D eigenvalue weighted by Crippen LogP contribution is 2.37. The van der Waals surface area contributed by atoms with Gasteiger partial charge in [0.05, 0.1) is 11.4 Å². The van der Waals surface area contributed by atoms with Crippen LogP contribution in [0.15, 0.2) is 36.0 Å². The molecule has 8 heteroatoms. The van der Waals surface area contributed by atoms with Gasteiger partial charge in [-0.15, -0.1) is 0 Å². The highest BCUT2D eigenvalue weighted by molar-refractivity contribution is 5.64. The summed E-state index contributed by atoms with van der Waals surface area (Å²) in [6.45, 7) is 0. The van der Waals surface area contributed by atoms with Gasteiger partial charge in [-0.1, -0.05) is 12.1 Å². The van der Waals surface area contributed by atoms with Crippen molar-refractivity contribution in [3.8, 4) is 17.8 Å². The number of rotatable bonds is 3. The zero-order valence-corrected chi connectivity index (χ0v) is 13.6. The van der Waals surface area contributed by atoms with Gasteiger partial charge < -0.3 is 5.32 Å². The first-order chi connectivity index (χ1) is 12.5. The lowest BCUT2D eigenvalue weighted by Gasteiger charge is -2.16. The number of nitrogens with one attached hydrogen (secondary N) is 1. The van der Waals surface area contributed by atoms with Gasteiger partial charge in [-0.3, -0.25) is 0 Å². The van der Waals surface area contributed by atoms with E-state index in [4.69, 9.17) is 10.5 Å². The Morgan fingerprint density at radius 1 is 1.15 bits per heavy atom. The lowest BCUT2D eigenvalue weighted by Crippen LogP contribution is -2.11. The van der Waals surface area contributed by atoms with Gasteiger partial charge in [-0.05, 0) is 37.8 Å². The van der Waals surface area contributed by atoms with Crippen molar-refractivity contribution < 1.29 is 13.2 Å². The molecule has 1 aromatic heterocycles. The fourth-order valence-electron chi connectivity index (χ4n) is 3.05. The molecule has 26 heavy (non-hydrogen) atoms. The van der Waals surface area contributed by atoms with E-state index in [1.54, 1.807) is 36.4 Å². The second-order valence-corrected chi connectivity index (χ2v) is 5.83. The molecule has 0 fully saturated rings. The number of hydrogen-bond acceptors (Lipinski definition) is 4. The summed E-state index contributed by atoms with van der Waals surface area (Å²) < 4.78 is 41.5. The monoisotopic (exact) mass is 357 g/mol. The smallest absolute Gasteiger partial charge is 0.358 e.